The Morgan fingerprint density at radius 2 is 2.00 bits per heavy atom. The first-order valence-electron chi connectivity index (χ1n) is 7.06. The van der Waals surface area contributed by atoms with Gasteiger partial charge < -0.3 is 10.1 Å². The van der Waals surface area contributed by atoms with Gasteiger partial charge in [-0.25, -0.2) is 0 Å². The minimum Gasteiger partial charge on any atom is -0.495 e. The molecule has 0 atom stereocenters. The summed E-state index contributed by atoms with van der Waals surface area (Å²) in [7, 11) is 1.59. The third kappa shape index (κ3) is 4.34. The van der Waals surface area contributed by atoms with E-state index in [4.69, 9.17) is 10.00 Å². The van der Waals surface area contributed by atoms with Crippen LogP contribution >= 0.6 is 0 Å². The lowest BCUT2D eigenvalue weighted by atomic mass is 10.1. The van der Waals surface area contributed by atoms with E-state index in [0.29, 0.717) is 11.3 Å². The fourth-order valence-corrected chi connectivity index (χ4v) is 2.27. The predicted molar refractivity (Wildman–Crippen MR) is 84.3 cm³/mol. The number of nitrogens with zero attached hydrogens (tertiary/aromatic N) is 1. The van der Waals surface area contributed by atoms with Gasteiger partial charge in [-0.2, -0.15) is 5.26 Å². The molecule has 21 heavy (non-hydrogen) atoms. The molecule has 0 unspecified atom stereocenters. The molecule has 2 rings (SSSR count). The zero-order valence-corrected chi connectivity index (χ0v) is 12.5. The smallest absolute Gasteiger partial charge is 0.136 e. The zero-order chi connectivity index (χ0) is 15.1. The van der Waals surface area contributed by atoms with Crippen molar-refractivity contribution in [2.24, 2.45) is 0 Å². The van der Waals surface area contributed by atoms with Crippen LogP contribution in [0.15, 0.2) is 42.5 Å². The van der Waals surface area contributed by atoms with Gasteiger partial charge in [-0.1, -0.05) is 35.9 Å². The number of methoxy groups -OCH3 is 1. The van der Waals surface area contributed by atoms with Crippen molar-refractivity contribution in [3.05, 3.63) is 64.7 Å². The number of nitriles is 1. The summed E-state index contributed by atoms with van der Waals surface area (Å²) in [6.45, 7) is 3.81. The third-order valence-electron chi connectivity index (χ3n) is 3.39. The van der Waals surface area contributed by atoms with Crippen LogP contribution in [0.25, 0.3) is 0 Å². The van der Waals surface area contributed by atoms with Crippen LogP contribution in [0.1, 0.15) is 22.3 Å². The van der Waals surface area contributed by atoms with E-state index in [0.717, 1.165) is 25.1 Å². The fraction of sp³-hybridized carbons (Fsp3) is 0.278. The van der Waals surface area contributed by atoms with Gasteiger partial charge in [-0.3, -0.25) is 0 Å². The van der Waals surface area contributed by atoms with Crippen molar-refractivity contribution in [3.63, 3.8) is 0 Å². The summed E-state index contributed by atoms with van der Waals surface area (Å²) in [6.07, 6.45) is 1.01. The molecule has 2 aromatic carbocycles. The minimum atomic E-state index is 0.570. The molecule has 2 aromatic rings. The Morgan fingerprint density at radius 1 is 1.14 bits per heavy atom. The van der Waals surface area contributed by atoms with Crippen molar-refractivity contribution < 1.29 is 4.74 Å². The second-order valence-electron chi connectivity index (χ2n) is 5.06. The number of rotatable bonds is 6. The normalized spacial score (nSPS) is 10.1. The van der Waals surface area contributed by atoms with Crippen LogP contribution in [0.3, 0.4) is 0 Å². The topological polar surface area (TPSA) is 45.0 Å². The molecular formula is C18H20N2O. The summed E-state index contributed by atoms with van der Waals surface area (Å²) < 4.78 is 5.22. The van der Waals surface area contributed by atoms with Crippen molar-refractivity contribution in [2.45, 2.75) is 19.9 Å². The number of aryl methyl sites for hydroxylation is 1. The lowest BCUT2D eigenvalue weighted by Gasteiger charge is -2.08. The first-order valence-corrected chi connectivity index (χ1v) is 7.06. The van der Waals surface area contributed by atoms with E-state index in [1.807, 2.05) is 12.1 Å². The van der Waals surface area contributed by atoms with Gasteiger partial charge in [0.1, 0.15) is 11.8 Å². The number of hydrogen-bond acceptors (Lipinski definition) is 3. The van der Waals surface area contributed by atoms with Gasteiger partial charge >= 0.3 is 0 Å². The maximum Gasteiger partial charge on any atom is 0.136 e. The van der Waals surface area contributed by atoms with E-state index in [-0.39, 0.29) is 0 Å². The van der Waals surface area contributed by atoms with Crippen LogP contribution in [0, 0.1) is 18.3 Å². The Hall–Kier alpha value is -2.31. The average molecular weight is 280 g/mol. The van der Waals surface area contributed by atoms with Crippen molar-refractivity contribution in [1.82, 2.24) is 5.32 Å². The summed E-state index contributed by atoms with van der Waals surface area (Å²) in [6, 6.07) is 16.4. The highest BCUT2D eigenvalue weighted by Crippen LogP contribution is 2.19. The Bertz CT molecular complexity index is 644. The van der Waals surface area contributed by atoms with E-state index in [1.165, 1.54) is 11.1 Å². The van der Waals surface area contributed by atoms with Crippen molar-refractivity contribution >= 4 is 0 Å². The molecule has 0 spiro atoms. The van der Waals surface area contributed by atoms with Crippen molar-refractivity contribution in [1.29, 1.82) is 5.26 Å². The van der Waals surface area contributed by atoms with Gasteiger partial charge in [-0.15, -0.1) is 0 Å². The molecule has 0 aliphatic rings. The van der Waals surface area contributed by atoms with Gasteiger partial charge in [0, 0.05) is 6.54 Å². The maximum absolute atomic E-state index is 8.96. The Balaban J connectivity index is 1.85. The van der Waals surface area contributed by atoms with Crippen LogP contribution in [-0.2, 0) is 13.0 Å². The van der Waals surface area contributed by atoms with Gasteiger partial charge in [-0.05, 0) is 43.1 Å². The first kappa shape index (κ1) is 15.1. The van der Waals surface area contributed by atoms with E-state index < -0.39 is 0 Å². The lowest BCUT2D eigenvalue weighted by molar-refractivity contribution is 0.412. The largest absolute Gasteiger partial charge is 0.495 e. The molecule has 0 aliphatic heterocycles. The molecule has 0 aliphatic carbocycles. The first-order chi connectivity index (χ1) is 10.2. The van der Waals surface area contributed by atoms with E-state index in [1.54, 1.807) is 13.2 Å². The molecular weight excluding hydrogens is 260 g/mol. The average Bonchev–Trinajstić information content (AvgIpc) is 2.51. The lowest BCUT2D eigenvalue weighted by Crippen LogP contribution is -2.16. The quantitative estimate of drug-likeness (QED) is 0.826. The summed E-state index contributed by atoms with van der Waals surface area (Å²) in [4.78, 5) is 0. The van der Waals surface area contributed by atoms with Crippen LogP contribution < -0.4 is 10.1 Å². The molecule has 0 heterocycles. The molecule has 3 heteroatoms. The van der Waals surface area contributed by atoms with Gasteiger partial charge in [0.15, 0.2) is 0 Å². The van der Waals surface area contributed by atoms with Gasteiger partial charge in [0.05, 0.1) is 12.7 Å². The number of benzene rings is 2. The van der Waals surface area contributed by atoms with Crippen molar-refractivity contribution in [2.75, 3.05) is 13.7 Å². The standard InChI is InChI=1S/C18H20N2O/c1-14-4-3-5-15(10-14)8-9-20-13-16-6-7-17(12-19)18(11-16)21-2/h3-7,10-11,20H,8-9,13H2,1-2H3. The molecule has 108 valence electrons. The Morgan fingerprint density at radius 3 is 2.71 bits per heavy atom. The molecule has 0 radical (unpaired) electrons. The fourth-order valence-electron chi connectivity index (χ4n) is 2.27. The highest BCUT2D eigenvalue weighted by molar-refractivity contribution is 5.45. The molecule has 0 saturated heterocycles. The van der Waals surface area contributed by atoms with Gasteiger partial charge in [0.2, 0.25) is 0 Å². The van der Waals surface area contributed by atoms with E-state index in [9.17, 15) is 0 Å². The summed E-state index contributed by atoms with van der Waals surface area (Å²) >= 11 is 0. The maximum atomic E-state index is 8.96. The summed E-state index contributed by atoms with van der Waals surface area (Å²) in [5, 5.41) is 12.4. The van der Waals surface area contributed by atoms with Crippen LogP contribution in [0.5, 0.6) is 5.75 Å². The molecule has 1 N–H and O–H groups in total. The SMILES string of the molecule is COc1cc(CNCCc2cccc(C)c2)ccc1C#N. The molecule has 0 fully saturated rings. The highest BCUT2D eigenvalue weighted by atomic mass is 16.5. The second kappa shape index (κ2) is 7.47. The third-order valence-corrected chi connectivity index (χ3v) is 3.39. The number of hydrogen-bond donors (Lipinski definition) is 1. The number of nitrogens with one attached hydrogen (secondary N) is 1. The van der Waals surface area contributed by atoms with Crippen LogP contribution in [-0.4, -0.2) is 13.7 Å². The molecule has 0 bridgehead atoms. The summed E-state index contributed by atoms with van der Waals surface area (Å²) in [5.74, 6) is 0.635. The highest BCUT2D eigenvalue weighted by Gasteiger charge is 2.03. The predicted octanol–water partition coefficient (Wildman–Crippen LogP) is 3.21. The van der Waals surface area contributed by atoms with E-state index >= 15 is 0 Å². The second-order valence-corrected chi connectivity index (χ2v) is 5.06. The molecule has 0 amide bonds. The molecule has 0 aromatic heterocycles. The Labute approximate surface area is 126 Å². The number of ether oxygens (including phenoxy) is 1. The monoisotopic (exact) mass is 280 g/mol. The van der Waals surface area contributed by atoms with Crippen molar-refractivity contribution in [3.8, 4) is 11.8 Å². The molecule has 0 saturated carbocycles. The Kier molecular flexibility index (Phi) is 5.36. The van der Waals surface area contributed by atoms with Crippen LogP contribution in [0.4, 0.5) is 0 Å². The van der Waals surface area contributed by atoms with Gasteiger partial charge in [0.25, 0.3) is 0 Å². The van der Waals surface area contributed by atoms with Crippen LogP contribution in [0.2, 0.25) is 0 Å². The minimum absolute atomic E-state index is 0.570. The van der Waals surface area contributed by atoms with E-state index in [2.05, 4.69) is 42.6 Å². The zero-order valence-electron chi connectivity index (χ0n) is 12.5. The molecule has 3 nitrogen and oxygen atoms in total. The summed E-state index contributed by atoms with van der Waals surface area (Å²) in [5.41, 5.74) is 4.33.